The van der Waals surface area contributed by atoms with E-state index >= 15 is 0 Å². The van der Waals surface area contributed by atoms with Crippen LogP contribution in [0.15, 0.2) is 0 Å². The maximum atomic E-state index is 11.6. The first kappa shape index (κ1) is 17.1. The number of nitrogens with zero attached hydrogens (tertiary/aromatic N) is 1. The summed E-state index contributed by atoms with van der Waals surface area (Å²) < 4.78 is 16.4. The van der Waals surface area contributed by atoms with Crippen LogP contribution in [0.2, 0.25) is 0 Å². The number of nitrogens with one attached hydrogen (secondary N) is 1. The molecule has 0 aliphatic carbocycles. The van der Waals surface area contributed by atoms with Crippen molar-refractivity contribution in [3.05, 3.63) is 0 Å². The lowest BCUT2D eigenvalue weighted by Crippen LogP contribution is -2.54. The van der Waals surface area contributed by atoms with Crippen LogP contribution >= 0.6 is 0 Å². The van der Waals surface area contributed by atoms with Crippen molar-refractivity contribution in [2.24, 2.45) is 5.41 Å². The van der Waals surface area contributed by atoms with E-state index < -0.39 is 0 Å². The van der Waals surface area contributed by atoms with Crippen molar-refractivity contribution >= 4 is 5.91 Å². The van der Waals surface area contributed by atoms with Crippen LogP contribution in [0.3, 0.4) is 0 Å². The van der Waals surface area contributed by atoms with Crippen LogP contribution in [0.5, 0.6) is 0 Å². The van der Waals surface area contributed by atoms with Gasteiger partial charge in [0, 0.05) is 58.0 Å². The van der Waals surface area contributed by atoms with Crippen molar-refractivity contribution in [1.29, 1.82) is 0 Å². The second-order valence-corrected chi connectivity index (χ2v) is 7.11. The molecule has 6 heteroatoms. The minimum Gasteiger partial charge on any atom is -0.381 e. The summed E-state index contributed by atoms with van der Waals surface area (Å²) in [7, 11) is 1.55. The minimum absolute atomic E-state index is 0.0311. The summed E-state index contributed by atoms with van der Waals surface area (Å²) in [6.07, 6.45) is 5.87. The Hall–Kier alpha value is -0.690. The number of hydrogen-bond acceptors (Lipinski definition) is 5. The van der Waals surface area contributed by atoms with Crippen LogP contribution in [-0.4, -0.2) is 76.1 Å². The number of carbonyl (C=O) groups is 1. The second kappa shape index (κ2) is 7.92. The number of piperidine rings is 1. The van der Waals surface area contributed by atoms with Gasteiger partial charge in [-0.15, -0.1) is 0 Å². The second-order valence-electron chi connectivity index (χ2n) is 7.11. The first-order valence-electron chi connectivity index (χ1n) is 8.92. The SMILES string of the molecule is COCC(=O)NCC[C@]12CCO[C@H]1CCN(C1CCOCC1)C2. The van der Waals surface area contributed by atoms with Gasteiger partial charge < -0.3 is 19.5 Å². The van der Waals surface area contributed by atoms with E-state index in [1.54, 1.807) is 7.11 Å². The molecular formula is C17H30N2O4. The van der Waals surface area contributed by atoms with E-state index in [2.05, 4.69) is 10.2 Å². The third-order valence-corrected chi connectivity index (χ3v) is 5.73. The zero-order chi connectivity index (χ0) is 16.1. The van der Waals surface area contributed by atoms with Gasteiger partial charge in [-0.2, -0.15) is 0 Å². The number of carbonyl (C=O) groups excluding carboxylic acids is 1. The molecule has 3 rings (SSSR count). The summed E-state index contributed by atoms with van der Waals surface area (Å²) in [5.41, 5.74) is 0.205. The van der Waals surface area contributed by atoms with Crippen LogP contribution in [-0.2, 0) is 19.0 Å². The van der Waals surface area contributed by atoms with E-state index in [0.717, 1.165) is 65.0 Å². The highest BCUT2D eigenvalue weighted by molar-refractivity contribution is 5.77. The Kier molecular flexibility index (Phi) is 5.91. The largest absolute Gasteiger partial charge is 0.381 e. The molecule has 0 bridgehead atoms. The molecule has 23 heavy (non-hydrogen) atoms. The van der Waals surface area contributed by atoms with Gasteiger partial charge in [-0.25, -0.2) is 0 Å². The Bertz CT molecular complexity index is 400. The van der Waals surface area contributed by atoms with Crippen LogP contribution in [0.25, 0.3) is 0 Å². The number of hydrogen-bond donors (Lipinski definition) is 1. The molecule has 3 aliphatic heterocycles. The Balaban J connectivity index is 1.56. The number of ether oxygens (including phenoxy) is 3. The molecule has 3 fully saturated rings. The number of amides is 1. The zero-order valence-electron chi connectivity index (χ0n) is 14.2. The summed E-state index contributed by atoms with van der Waals surface area (Å²) in [4.78, 5) is 14.3. The zero-order valence-corrected chi connectivity index (χ0v) is 14.2. The molecule has 3 saturated heterocycles. The summed E-state index contributed by atoms with van der Waals surface area (Å²) in [5.74, 6) is -0.0311. The van der Waals surface area contributed by atoms with Gasteiger partial charge >= 0.3 is 0 Å². The minimum atomic E-state index is -0.0311. The standard InChI is InChI=1S/C17H30N2O4/c1-21-12-16(20)18-7-5-17-6-11-23-15(17)2-8-19(13-17)14-3-9-22-10-4-14/h14-15H,2-13H2,1H3,(H,18,20)/t15-,17+/m0/s1. The van der Waals surface area contributed by atoms with Crippen molar-refractivity contribution < 1.29 is 19.0 Å². The van der Waals surface area contributed by atoms with Crippen molar-refractivity contribution in [2.45, 2.75) is 44.2 Å². The first-order chi connectivity index (χ1) is 11.2. The van der Waals surface area contributed by atoms with E-state index in [0.29, 0.717) is 18.7 Å². The fourth-order valence-electron chi connectivity index (χ4n) is 4.44. The molecule has 0 unspecified atom stereocenters. The first-order valence-corrected chi connectivity index (χ1v) is 8.92. The van der Waals surface area contributed by atoms with Crippen LogP contribution in [0.1, 0.15) is 32.1 Å². The molecule has 3 aliphatic rings. The molecule has 1 N–H and O–H groups in total. The maximum Gasteiger partial charge on any atom is 0.245 e. The van der Waals surface area contributed by atoms with Gasteiger partial charge in [0.25, 0.3) is 0 Å². The molecule has 0 aromatic rings. The Morgan fingerprint density at radius 3 is 2.91 bits per heavy atom. The summed E-state index contributed by atoms with van der Waals surface area (Å²) in [6.45, 7) is 5.72. The van der Waals surface area contributed by atoms with Crippen LogP contribution < -0.4 is 5.32 Å². The smallest absolute Gasteiger partial charge is 0.245 e. The topological polar surface area (TPSA) is 60.0 Å². The molecule has 0 saturated carbocycles. The lowest BCUT2D eigenvalue weighted by Gasteiger charge is -2.47. The monoisotopic (exact) mass is 326 g/mol. The number of fused-ring (bicyclic) bond motifs is 1. The molecular weight excluding hydrogens is 296 g/mol. The van der Waals surface area contributed by atoms with E-state index in [1.807, 2.05) is 0 Å². The number of rotatable bonds is 6. The van der Waals surface area contributed by atoms with Crippen molar-refractivity contribution in [2.75, 3.05) is 53.2 Å². The average Bonchev–Trinajstić information content (AvgIpc) is 2.99. The fourth-order valence-corrected chi connectivity index (χ4v) is 4.44. The molecule has 0 radical (unpaired) electrons. The maximum absolute atomic E-state index is 11.6. The van der Waals surface area contributed by atoms with E-state index in [4.69, 9.17) is 14.2 Å². The summed E-state index contributed by atoms with van der Waals surface area (Å²) >= 11 is 0. The third kappa shape index (κ3) is 4.05. The van der Waals surface area contributed by atoms with Gasteiger partial charge in [0.05, 0.1) is 6.10 Å². The van der Waals surface area contributed by atoms with Crippen LogP contribution in [0, 0.1) is 5.41 Å². The van der Waals surface area contributed by atoms with Gasteiger partial charge in [0.2, 0.25) is 5.91 Å². The Morgan fingerprint density at radius 1 is 1.30 bits per heavy atom. The average molecular weight is 326 g/mol. The lowest BCUT2D eigenvalue weighted by molar-refractivity contribution is -0.125. The predicted molar refractivity (Wildman–Crippen MR) is 86.3 cm³/mol. The Morgan fingerprint density at radius 2 is 2.13 bits per heavy atom. The quantitative estimate of drug-likeness (QED) is 0.782. The number of methoxy groups -OCH3 is 1. The van der Waals surface area contributed by atoms with Crippen molar-refractivity contribution in [3.8, 4) is 0 Å². The van der Waals surface area contributed by atoms with E-state index in [1.165, 1.54) is 0 Å². The van der Waals surface area contributed by atoms with Crippen LogP contribution in [0.4, 0.5) is 0 Å². The highest BCUT2D eigenvalue weighted by atomic mass is 16.5. The highest BCUT2D eigenvalue weighted by Crippen LogP contribution is 2.44. The fraction of sp³-hybridized carbons (Fsp3) is 0.941. The molecule has 132 valence electrons. The molecule has 0 aromatic heterocycles. The van der Waals surface area contributed by atoms with Gasteiger partial charge in [-0.1, -0.05) is 0 Å². The van der Waals surface area contributed by atoms with Gasteiger partial charge in [0.1, 0.15) is 6.61 Å². The lowest BCUT2D eigenvalue weighted by atomic mass is 9.73. The van der Waals surface area contributed by atoms with Gasteiger partial charge in [0.15, 0.2) is 0 Å². The van der Waals surface area contributed by atoms with Gasteiger partial charge in [-0.3, -0.25) is 9.69 Å². The van der Waals surface area contributed by atoms with E-state index in [9.17, 15) is 4.79 Å². The highest BCUT2D eigenvalue weighted by Gasteiger charge is 2.48. The summed E-state index contributed by atoms with van der Waals surface area (Å²) in [6, 6.07) is 0.658. The predicted octanol–water partition coefficient (Wildman–Crippen LogP) is 0.799. The number of likely N-dealkylation sites (tertiary alicyclic amines) is 1. The molecule has 1 amide bonds. The molecule has 6 nitrogen and oxygen atoms in total. The molecule has 2 atom stereocenters. The Labute approximate surface area is 138 Å². The summed E-state index contributed by atoms with van der Waals surface area (Å²) in [5, 5.41) is 2.97. The normalized spacial score (nSPS) is 32.7. The van der Waals surface area contributed by atoms with E-state index in [-0.39, 0.29) is 17.9 Å². The van der Waals surface area contributed by atoms with Gasteiger partial charge in [-0.05, 0) is 32.1 Å². The molecule has 0 spiro atoms. The molecule has 0 aromatic carbocycles. The third-order valence-electron chi connectivity index (χ3n) is 5.73. The molecule has 3 heterocycles. The van der Waals surface area contributed by atoms with Crippen molar-refractivity contribution in [3.63, 3.8) is 0 Å². The van der Waals surface area contributed by atoms with Crippen molar-refractivity contribution in [1.82, 2.24) is 10.2 Å².